The standard InChI is InChI=1S/C28H30ClN9O2/c1-37-11-10-24(36-37)26(39)38-12-9-21(16-38)33-28(40)34-23-8-7-20-14-18(23)6-5-17-3-2-4-19(13-17)32-27-30-15-22(29)25(31-20)35-27/h2-4,7-8,10-11,14-15,17,21H,5-6,9,12-13,16H2,1H3,(H2,33,34,40)(H2,30,31,32,35)/t17?,21-/m0/s1. The smallest absolute Gasteiger partial charge is 0.319 e. The molecule has 1 aromatic carbocycles. The normalized spacial score (nSPS) is 19.8. The van der Waals surface area contributed by atoms with Crippen LogP contribution in [0.3, 0.4) is 0 Å². The monoisotopic (exact) mass is 559 g/mol. The van der Waals surface area contributed by atoms with Gasteiger partial charge in [0.2, 0.25) is 5.95 Å². The molecule has 1 saturated heterocycles. The maximum atomic E-state index is 13.0. The molecule has 2 aliphatic heterocycles. The summed E-state index contributed by atoms with van der Waals surface area (Å²) in [5.74, 6) is 1.19. The van der Waals surface area contributed by atoms with E-state index < -0.39 is 0 Å². The predicted octanol–water partition coefficient (Wildman–Crippen LogP) is 4.46. The summed E-state index contributed by atoms with van der Waals surface area (Å²) in [5, 5.41) is 17.3. The lowest BCUT2D eigenvalue weighted by Gasteiger charge is -2.20. The van der Waals surface area contributed by atoms with Crippen LogP contribution in [0, 0.1) is 5.92 Å². The van der Waals surface area contributed by atoms with Crippen molar-refractivity contribution in [3.05, 3.63) is 76.9 Å². The van der Waals surface area contributed by atoms with Crippen molar-refractivity contribution in [1.29, 1.82) is 0 Å². The minimum Gasteiger partial charge on any atom is -0.339 e. The Hall–Kier alpha value is -4.38. The van der Waals surface area contributed by atoms with E-state index in [1.54, 1.807) is 35.1 Å². The first kappa shape index (κ1) is 25.9. The van der Waals surface area contributed by atoms with Crippen molar-refractivity contribution in [2.45, 2.75) is 31.7 Å². The van der Waals surface area contributed by atoms with E-state index in [4.69, 9.17) is 11.6 Å². The maximum absolute atomic E-state index is 13.0. The van der Waals surface area contributed by atoms with Gasteiger partial charge in [0.1, 0.15) is 10.7 Å². The number of anilines is 4. The second-order valence-corrected chi connectivity index (χ2v) is 10.7. The van der Waals surface area contributed by atoms with E-state index in [1.165, 1.54) is 0 Å². The van der Waals surface area contributed by atoms with Gasteiger partial charge in [0.25, 0.3) is 5.91 Å². The van der Waals surface area contributed by atoms with Crippen molar-refractivity contribution in [1.82, 2.24) is 30.0 Å². The van der Waals surface area contributed by atoms with Crippen molar-refractivity contribution in [2.75, 3.05) is 29.0 Å². The molecule has 2 atom stereocenters. The summed E-state index contributed by atoms with van der Waals surface area (Å²) >= 11 is 6.38. The number of halogens is 1. The largest absolute Gasteiger partial charge is 0.339 e. The number of nitrogens with one attached hydrogen (secondary N) is 4. The van der Waals surface area contributed by atoms with Gasteiger partial charge in [-0.2, -0.15) is 10.1 Å². The van der Waals surface area contributed by atoms with Crippen LogP contribution in [0.1, 0.15) is 35.3 Å². The molecule has 1 unspecified atom stereocenters. The first-order valence-electron chi connectivity index (χ1n) is 13.3. The Morgan fingerprint density at radius 1 is 1.18 bits per heavy atom. The lowest BCUT2D eigenvalue weighted by Crippen LogP contribution is -2.40. The van der Waals surface area contributed by atoms with Crippen LogP contribution in [-0.4, -0.2) is 55.7 Å². The van der Waals surface area contributed by atoms with E-state index in [9.17, 15) is 9.59 Å². The zero-order chi connectivity index (χ0) is 27.6. The van der Waals surface area contributed by atoms with E-state index >= 15 is 0 Å². The topological polar surface area (TPSA) is 129 Å². The molecule has 3 aliphatic rings. The van der Waals surface area contributed by atoms with Gasteiger partial charge in [-0.1, -0.05) is 23.8 Å². The number of fused-ring (bicyclic) bond motifs is 6. The molecule has 40 heavy (non-hydrogen) atoms. The summed E-state index contributed by atoms with van der Waals surface area (Å²) in [7, 11) is 1.78. The number of nitrogens with zero attached hydrogens (tertiary/aromatic N) is 5. The molecule has 2 aromatic heterocycles. The van der Waals surface area contributed by atoms with Crippen molar-refractivity contribution in [2.24, 2.45) is 13.0 Å². The molecule has 3 amide bonds. The molecule has 3 aromatic rings. The van der Waals surface area contributed by atoms with Crippen molar-refractivity contribution < 1.29 is 9.59 Å². The van der Waals surface area contributed by atoms with Gasteiger partial charge in [-0.05, 0) is 67.5 Å². The van der Waals surface area contributed by atoms with Crippen LogP contribution in [0.2, 0.25) is 5.02 Å². The van der Waals surface area contributed by atoms with E-state index in [-0.39, 0.29) is 18.0 Å². The highest BCUT2D eigenvalue weighted by Gasteiger charge is 2.29. The second-order valence-electron chi connectivity index (χ2n) is 10.3. The van der Waals surface area contributed by atoms with Crippen molar-refractivity contribution >= 4 is 46.7 Å². The second kappa shape index (κ2) is 11.0. The molecule has 4 N–H and O–H groups in total. The third kappa shape index (κ3) is 5.79. The first-order valence-corrected chi connectivity index (χ1v) is 13.7. The number of aromatic nitrogens is 4. The molecule has 0 radical (unpaired) electrons. The quantitative estimate of drug-likeness (QED) is 0.373. The average molecular weight is 560 g/mol. The Morgan fingerprint density at radius 3 is 2.92 bits per heavy atom. The number of urea groups is 1. The van der Waals surface area contributed by atoms with Gasteiger partial charge in [-0.3, -0.25) is 9.48 Å². The van der Waals surface area contributed by atoms with Crippen LogP contribution < -0.4 is 21.3 Å². The molecule has 0 spiro atoms. The number of hydrogen-bond donors (Lipinski definition) is 4. The lowest BCUT2D eigenvalue weighted by atomic mass is 9.91. The Bertz CT molecular complexity index is 1520. The Balaban J connectivity index is 1.16. The average Bonchev–Trinajstić information content (AvgIpc) is 3.59. The molecular formula is C28H30ClN9O2. The highest BCUT2D eigenvalue weighted by Crippen LogP contribution is 2.31. The minimum atomic E-state index is -0.299. The number of aryl methyl sites for hydroxylation is 2. The Kier molecular flexibility index (Phi) is 7.12. The fourth-order valence-electron chi connectivity index (χ4n) is 5.27. The fourth-order valence-corrected chi connectivity index (χ4v) is 5.41. The Labute approximate surface area is 236 Å². The number of allylic oxidation sites excluding steroid dienone is 4. The zero-order valence-corrected chi connectivity index (χ0v) is 22.8. The first-order chi connectivity index (χ1) is 19.4. The van der Waals surface area contributed by atoms with Crippen LogP contribution in [0.5, 0.6) is 0 Å². The van der Waals surface area contributed by atoms with Crippen molar-refractivity contribution in [3.63, 3.8) is 0 Å². The van der Waals surface area contributed by atoms with Gasteiger partial charge in [-0.25, -0.2) is 9.78 Å². The fraction of sp³-hybridized carbons (Fsp3) is 0.321. The summed E-state index contributed by atoms with van der Waals surface area (Å²) in [6.45, 7) is 1.01. The van der Waals surface area contributed by atoms with E-state index in [2.05, 4.69) is 48.5 Å². The summed E-state index contributed by atoms with van der Waals surface area (Å²) in [5.41, 5.74) is 3.99. The number of carbonyl (C=O) groups excluding carboxylic acids is 2. The molecule has 0 saturated carbocycles. The van der Waals surface area contributed by atoms with Gasteiger partial charge >= 0.3 is 6.03 Å². The molecule has 12 heteroatoms. The van der Waals surface area contributed by atoms with Crippen LogP contribution in [0.4, 0.5) is 27.9 Å². The van der Waals surface area contributed by atoms with Crippen LogP contribution >= 0.6 is 11.6 Å². The predicted molar refractivity (Wildman–Crippen MR) is 154 cm³/mol. The summed E-state index contributed by atoms with van der Waals surface area (Å²) in [4.78, 5) is 36.4. The van der Waals surface area contributed by atoms with Gasteiger partial charge in [-0.15, -0.1) is 0 Å². The van der Waals surface area contributed by atoms with Crippen LogP contribution in [0.15, 0.2) is 60.6 Å². The third-order valence-corrected chi connectivity index (χ3v) is 7.60. The van der Waals surface area contributed by atoms with Gasteiger partial charge < -0.3 is 26.2 Å². The zero-order valence-electron chi connectivity index (χ0n) is 22.0. The summed E-state index contributed by atoms with van der Waals surface area (Å²) < 4.78 is 1.61. The van der Waals surface area contributed by atoms with E-state index in [1.807, 2.05) is 24.3 Å². The number of carbonyl (C=O) groups is 2. The van der Waals surface area contributed by atoms with Crippen molar-refractivity contribution in [3.8, 4) is 0 Å². The van der Waals surface area contributed by atoms with E-state index in [0.29, 0.717) is 47.9 Å². The molecule has 206 valence electrons. The molecule has 6 bridgehead atoms. The highest BCUT2D eigenvalue weighted by atomic mass is 35.5. The highest BCUT2D eigenvalue weighted by molar-refractivity contribution is 6.32. The SMILES string of the molecule is Cn1ccc(C(=O)N2CC[C@H](NC(=O)Nc3ccc4cc3CCC3C=CC=C(C3)Nc3ncc(Cl)c(n3)N4)C2)n1. The third-order valence-electron chi connectivity index (χ3n) is 7.32. The van der Waals surface area contributed by atoms with Gasteiger partial charge in [0, 0.05) is 49.4 Å². The minimum absolute atomic E-state index is 0.125. The maximum Gasteiger partial charge on any atom is 0.319 e. The van der Waals surface area contributed by atoms with Gasteiger partial charge in [0.05, 0.1) is 6.20 Å². The van der Waals surface area contributed by atoms with Crippen LogP contribution in [-0.2, 0) is 13.5 Å². The van der Waals surface area contributed by atoms with E-state index in [0.717, 1.165) is 41.9 Å². The van der Waals surface area contributed by atoms with Crippen LogP contribution in [0.25, 0.3) is 0 Å². The number of rotatable bonds is 3. The Morgan fingerprint density at radius 2 is 2.08 bits per heavy atom. The molecular weight excluding hydrogens is 530 g/mol. The van der Waals surface area contributed by atoms with Gasteiger partial charge in [0.15, 0.2) is 5.82 Å². The molecule has 1 aliphatic carbocycles. The molecule has 6 rings (SSSR count). The number of hydrogen-bond acceptors (Lipinski definition) is 7. The number of likely N-dealkylation sites (tertiary alicyclic amines) is 1. The number of amides is 3. The molecule has 4 heterocycles. The lowest BCUT2D eigenvalue weighted by molar-refractivity contribution is 0.0783. The molecule has 11 nitrogen and oxygen atoms in total. The summed E-state index contributed by atoms with van der Waals surface area (Å²) in [6, 6.07) is 7.05. The summed E-state index contributed by atoms with van der Waals surface area (Å²) in [6.07, 6.45) is 12.8. The number of benzene rings is 1. The molecule has 1 fully saturated rings.